The van der Waals surface area contributed by atoms with E-state index in [4.69, 9.17) is 4.74 Å². The number of pyridine rings is 1. The molecule has 1 aliphatic rings. The highest BCUT2D eigenvalue weighted by Gasteiger charge is 2.17. The van der Waals surface area contributed by atoms with Crippen LogP contribution in [0.15, 0.2) is 18.5 Å². The molecular weight excluding hydrogens is 268 g/mol. The van der Waals surface area contributed by atoms with Crippen LogP contribution in [0.2, 0.25) is 0 Å². The van der Waals surface area contributed by atoms with Gasteiger partial charge in [0.1, 0.15) is 0 Å². The molecule has 1 amide bonds. The molecule has 3 heterocycles. The highest BCUT2D eigenvalue weighted by molar-refractivity contribution is 5.96. The first kappa shape index (κ1) is 14.0. The molecule has 1 atom stereocenters. The molecule has 2 aromatic heterocycles. The second-order valence-electron chi connectivity index (χ2n) is 5.66. The Labute approximate surface area is 123 Å². The van der Waals surface area contributed by atoms with Gasteiger partial charge in [0, 0.05) is 30.8 Å². The fraction of sp³-hybridized carbons (Fsp3) is 0.533. The van der Waals surface area contributed by atoms with E-state index in [1.165, 1.54) is 0 Å². The molecule has 0 radical (unpaired) electrons. The third-order valence-corrected chi connectivity index (χ3v) is 3.70. The summed E-state index contributed by atoms with van der Waals surface area (Å²) in [4.78, 5) is 16.5. The molecule has 0 saturated carbocycles. The molecule has 0 aliphatic carbocycles. The molecule has 0 spiro atoms. The lowest BCUT2D eigenvalue weighted by atomic mass is 10.2. The zero-order valence-corrected chi connectivity index (χ0v) is 12.4. The van der Waals surface area contributed by atoms with E-state index >= 15 is 0 Å². The lowest BCUT2D eigenvalue weighted by molar-refractivity contribution is 0.0857. The zero-order chi connectivity index (χ0) is 14.8. The molecule has 3 rings (SSSR count). The van der Waals surface area contributed by atoms with Crippen LogP contribution in [0.5, 0.6) is 0 Å². The Morgan fingerprint density at radius 3 is 3.10 bits per heavy atom. The second kappa shape index (κ2) is 5.81. The van der Waals surface area contributed by atoms with Gasteiger partial charge in [-0.2, -0.15) is 5.10 Å². The van der Waals surface area contributed by atoms with Gasteiger partial charge >= 0.3 is 0 Å². The first-order valence-electron chi connectivity index (χ1n) is 7.38. The van der Waals surface area contributed by atoms with Crippen LogP contribution in [0, 0.1) is 0 Å². The van der Waals surface area contributed by atoms with Crippen molar-refractivity contribution in [3.05, 3.63) is 24.0 Å². The lowest BCUT2D eigenvalue weighted by Crippen LogP contribution is -2.31. The SMILES string of the molecule is CC(C)n1ncc2cc(C(=O)NCC3CCCO3)cnc21. The van der Waals surface area contributed by atoms with E-state index in [0.717, 1.165) is 30.5 Å². The van der Waals surface area contributed by atoms with Crippen LogP contribution >= 0.6 is 0 Å². The van der Waals surface area contributed by atoms with Crippen molar-refractivity contribution in [2.24, 2.45) is 0 Å². The Hall–Kier alpha value is -1.95. The summed E-state index contributed by atoms with van der Waals surface area (Å²) in [7, 11) is 0. The van der Waals surface area contributed by atoms with Gasteiger partial charge < -0.3 is 10.1 Å². The van der Waals surface area contributed by atoms with Crippen molar-refractivity contribution in [1.29, 1.82) is 0 Å². The zero-order valence-electron chi connectivity index (χ0n) is 12.4. The molecule has 21 heavy (non-hydrogen) atoms. The summed E-state index contributed by atoms with van der Waals surface area (Å²) >= 11 is 0. The molecule has 1 saturated heterocycles. The van der Waals surface area contributed by atoms with Crippen LogP contribution in [-0.2, 0) is 4.74 Å². The van der Waals surface area contributed by atoms with Gasteiger partial charge in [-0.25, -0.2) is 9.67 Å². The Morgan fingerprint density at radius 2 is 2.38 bits per heavy atom. The quantitative estimate of drug-likeness (QED) is 0.933. The smallest absolute Gasteiger partial charge is 0.252 e. The van der Waals surface area contributed by atoms with Crippen molar-refractivity contribution in [1.82, 2.24) is 20.1 Å². The average molecular weight is 288 g/mol. The van der Waals surface area contributed by atoms with Crippen molar-refractivity contribution in [2.45, 2.75) is 38.8 Å². The standard InChI is InChI=1S/C15H20N4O2/c1-10(2)19-14-11(8-18-19)6-12(7-16-14)15(20)17-9-13-4-3-5-21-13/h6-8,10,13H,3-5,9H2,1-2H3,(H,17,20). The molecule has 0 bridgehead atoms. The van der Waals surface area contributed by atoms with E-state index in [9.17, 15) is 4.79 Å². The molecule has 6 heteroatoms. The van der Waals surface area contributed by atoms with Gasteiger partial charge in [-0.3, -0.25) is 4.79 Å². The van der Waals surface area contributed by atoms with Crippen LogP contribution in [0.3, 0.4) is 0 Å². The largest absolute Gasteiger partial charge is 0.376 e. The van der Waals surface area contributed by atoms with Gasteiger partial charge in [-0.05, 0) is 32.8 Å². The molecule has 1 N–H and O–H groups in total. The topological polar surface area (TPSA) is 69.0 Å². The summed E-state index contributed by atoms with van der Waals surface area (Å²) in [6.45, 7) is 5.46. The summed E-state index contributed by atoms with van der Waals surface area (Å²) in [5, 5.41) is 8.09. The summed E-state index contributed by atoms with van der Waals surface area (Å²) < 4.78 is 7.35. The maximum atomic E-state index is 12.2. The first-order chi connectivity index (χ1) is 10.1. The highest BCUT2D eigenvalue weighted by Crippen LogP contribution is 2.17. The maximum absolute atomic E-state index is 12.2. The molecule has 1 unspecified atom stereocenters. The van der Waals surface area contributed by atoms with Gasteiger partial charge in [0.15, 0.2) is 5.65 Å². The molecular formula is C15H20N4O2. The Morgan fingerprint density at radius 1 is 1.52 bits per heavy atom. The Kier molecular flexibility index (Phi) is 3.88. The third kappa shape index (κ3) is 2.90. The minimum absolute atomic E-state index is 0.114. The van der Waals surface area contributed by atoms with Crippen molar-refractivity contribution in [3.63, 3.8) is 0 Å². The van der Waals surface area contributed by atoms with Gasteiger partial charge in [0.05, 0.1) is 17.9 Å². The highest BCUT2D eigenvalue weighted by atomic mass is 16.5. The minimum Gasteiger partial charge on any atom is -0.376 e. The fourth-order valence-corrected chi connectivity index (χ4v) is 2.56. The Bertz CT molecular complexity index is 644. The lowest BCUT2D eigenvalue weighted by Gasteiger charge is -2.11. The van der Waals surface area contributed by atoms with Crippen LogP contribution in [0.4, 0.5) is 0 Å². The van der Waals surface area contributed by atoms with Crippen LogP contribution < -0.4 is 5.32 Å². The normalized spacial score (nSPS) is 18.5. The van der Waals surface area contributed by atoms with E-state index in [2.05, 4.69) is 29.2 Å². The first-order valence-corrected chi connectivity index (χ1v) is 7.38. The number of fused-ring (bicyclic) bond motifs is 1. The maximum Gasteiger partial charge on any atom is 0.252 e. The number of amides is 1. The van der Waals surface area contributed by atoms with Crippen LogP contribution in [0.1, 0.15) is 43.1 Å². The predicted octanol–water partition coefficient (Wildman–Crippen LogP) is 1.92. The molecule has 6 nitrogen and oxygen atoms in total. The number of hydrogen-bond acceptors (Lipinski definition) is 4. The van der Waals surface area contributed by atoms with Crippen LogP contribution in [0.25, 0.3) is 11.0 Å². The van der Waals surface area contributed by atoms with Gasteiger partial charge in [-0.1, -0.05) is 0 Å². The van der Waals surface area contributed by atoms with E-state index in [1.807, 2.05) is 10.7 Å². The molecule has 0 aromatic carbocycles. The molecule has 1 aliphatic heterocycles. The predicted molar refractivity (Wildman–Crippen MR) is 79.2 cm³/mol. The fourth-order valence-electron chi connectivity index (χ4n) is 2.56. The van der Waals surface area contributed by atoms with E-state index in [0.29, 0.717) is 12.1 Å². The van der Waals surface area contributed by atoms with Crippen molar-refractivity contribution in [2.75, 3.05) is 13.2 Å². The van der Waals surface area contributed by atoms with E-state index < -0.39 is 0 Å². The number of rotatable bonds is 4. The summed E-state index contributed by atoms with van der Waals surface area (Å²) in [6, 6.07) is 2.08. The van der Waals surface area contributed by atoms with Crippen LogP contribution in [-0.4, -0.2) is 39.9 Å². The number of hydrogen-bond donors (Lipinski definition) is 1. The molecule has 2 aromatic rings. The molecule has 1 fully saturated rings. The number of nitrogens with zero attached hydrogens (tertiary/aromatic N) is 3. The van der Waals surface area contributed by atoms with Gasteiger partial charge in [-0.15, -0.1) is 0 Å². The van der Waals surface area contributed by atoms with Crippen molar-refractivity contribution < 1.29 is 9.53 Å². The van der Waals surface area contributed by atoms with Gasteiger partial charge in [0.25, 0.3) is 5.91 Å². The summed E-state index contributed by atoms with van der Waals surface area (Å²) in [6.07, 6.45) is 5.59. The number of nitrogens with one attached hydrogen (secondary N) is 1. The molecule has 112 valence electrons. The van der Waals surface area contributed by atoms with Crippen molar-refractivity contribution in [3.8, 4) is 0 Å². The van der Waals surface area contributed by atoms with E-state index in [1.54, 1.807) is 12.4 Å². The van der Waals surface area contributed by atoms with Crippen molar-refractivity contribution >= 4 is 16.9 Å². The van der Waals surface area contributed by atoms with E-state index in [-0.39, 0.29) is 18.1 Å². The third-order valence-electron chi connectivity index (χ3n) is 3.70. The second-order valence-corrected chi connectivity index (χ2v) is 5.66. The number of carbonyl (C=O) groups excluding carboxylic acids is 1. The number of carbonyl (C=O) groups is 1. The van der Waals surface area contributed by atoms with Gasteiger partial charge in [0.2, 0.25) is 0 Å². The summed E-state index contributed by atoms with van der Waals surface area (Å²) in [5.74, 6) is -0.114. The number of ether oxygens (including phenoxy) is 1. The Balaban J connectivity index is 1.72. The monoisotopic (exact) mass is 288 g/mol. The number of aromatic nitrogens is 3. The average Bonchev–Trinajstić information content (AvgIpc) is 3.13. The minimum atomic E-state index is -0.114. The summed E-state index contributed by atoms with van der Waals surface area (Å²) in [5.41, 5.74) is 1.37.